The molecule has 0 aliphatic carbocycles. The molecule has 0 atom stereocenters. The second kappa shape index (κ2) is 13.2. The molecule has 260 valence electrons. The van der Waals surface area contributed by atoms with Gasteiger partial charge in [0.15, 0.2) is 0 Å². The lowest BCUT2D eigenvalue weighted by atomic mass is 9.85. The van der Waals surface area contributed by atoms with Crippen LogP contribution in [0, 0.1) is 0 Å². The summed E-state index contributed by atoms with van der Waals surface area (Å²) in [6.45, 7) is 0. The van der Waals surface area contributed by atoms with E-state index in [1.54, 1.807) is 0 Å². The van der Waals surface area contributed by atoms with Crippen LogP contribution in [-0.2, 0) is 0 Å². The van der Waals surface area contributed by atoms with Crippen molar-refractivity contribution in [3.8, 4) is 55.6 Å². The first kappa shape index (κ1) is 32.2. The summed E-state index contributed by atoms with van der Waals surface area (Å²) in [5.74, 6) is 0. The zero-order chi connectivity index (χ0) is 37.0. The minimum Gasteiger partial charge on any atom is -0.0622 e. The molecule has 0 spiro atoms. The zero-order valence-corrected chi connectivity index (χ0v) is 30.8. The quantitative estimate of drug-likeness (QED) is 0.156. The third kappa shape index (κ3) is 5.54. The van der Waals surface area contributed by atoms with Gasteiger partial charge in [-0.25, -0.2) is 0 Å². The second-order valence-electron chi connectivity index (χ2n) is 14.9. The summed E-state index contributed by atoms with van der Waals surface area (Å²) < 4.78 is 0. The van der Waals surface area contributed by atoms with Gasteiger partial charge in [-0.05, 0) is 146 Å². The van der Waals surface area contributed by atoms with Crippen LogP contribution in [-0.4, -0.2) is 0 Å². The van der Waals surface area contributed by atoms with Gasteiger partial charge in [0.2, 0.25) is 0 Å². The van der Waals surface area contributed by atoms with Gasteiger partial charge in [0.05, 0.1) is 0 Å². The van der Waals surface area contributed by atoms with E-state index in [2.05, 4.69) is 218 Å². The van der Waals surface area contributed by atoms with Gasteiger partial charge in [-0.3, -0.25) is 0 Å². The molecular weight excluding hydrogens is 673 g/mol. The van der Waals surface area contributed by atoms with Gasteiger partial charge in [0, 0.05) is 0 Å². The average Bonchev–Trinajstić information content (AvgIpc) is 3.28. The Morgan fingerprint density at radius 1 is 0.161 bits per heavy atom. The highest BCUT2D eigenvalue weighted by molar-refractivity contribution is 6.24. The summed E-state index contributed by atoms with van der Waals surface area (Å²) in [6, 6.07) is 80.5. The van der Waals surface area contributed by atoms with Crippen molar-refractivity contribution >= 4 is 53.9 Å². The molecule has 0 fully saturated rings. The number of rotatable bonds is 5. The van der Waals surface area contributed by atoms with E-state index in [1.165, 1.54) is 109 Å². The molecule has 0 radical (unpaired) electrons. The van der Waals surface area contributed by atoms with Gasteiger partial charge >= 0.3 is 0 Å². The highest BCUT2D eigenvalue weighted by atomic mass is 14.2. The normalized spacial score (nSPS) is 11.6. The Labute approximate surface area is 326 Å². The number of hydrogen-bond acceptors (Lipinski definition) is 0. The number of hydrogen-bond donors (Lipinski definition) is 0. The first-order chi connectivity index (χ1) is 27.7. The molecule has 0 aliphatic rings. The third-order valence-corrected chi connectivity index (χ3v) is 11.6. The highest BCUT2D eigenvalue weighted by Gasteiger charge is 2.17. The van der Waals surface area contributed by atoms with Crippen LogP contribution in [0.5, 0.6) is 0 Å². The van der Waals surface area contributed by atoms with Crippen molar-refractivity contribution in [2.24, 2.45) is 0 Å². The van der Waals surface area contributed by atoms with Crippen LogP contribution < -0.4 is 0 Å². The molecule has 0 bridgehead atoms. The van der Waals surface area contributed by atoms with Crippen LogP contribution in [0.2, 0.25) is 0 Å². The predicted octanol–water partition coefficient (Wildman–Crippen LogP) is 15.8. The Hall–Kier alpha value is -7.28. The molecule has 56 heavy (non-hydrogen) atoms. The Kier molecular flexibility index (Phi) is 7.60. The first-order valence-corrected chi connectivity index (χ1v) is 19.4. The van der Waals surface area contributed by atoms with Gasteiger partial charge in [0.1, 0.15) is 0 Å². The lowest BCUT2D eigenvalue weighted by Crippen LogP contribution is -1.91. The largest absolute Gasteiger partial charge is 0.0622 e. The fourth-order valence-electron chi connectivity index (χ4n) is 8.72. The molecule has 0 N–H and O–H groups in total. The monoisotopic (exact) mass is 708 g/mol. The fourth-order valence-corrected chi connectivity index (χ4v) is 8.72. The Morgan fingerprint density at radius 3 is 1.05 bits per heavy atom. The average molecular weight is 709 g/mol. The summed E-state index contributed by atoms with van der Waals surface area (Å²) in [7, 11) is 0. The molecule has 11 aromatic rings. The number of fused-ring (bicyclic) bond motifs is 7. The van der Waals surface area contributed by atoms with E-state index in [4.69, 9.17) is 0 Å². The summed E-state index contributed by atoms with van der Waals surface area (Å²) in [6.07, 6.45) is 0. The maximum absolute atomic E-state index is 2.45. The van der Waals surface area contributed by atoms with Crippen molar-refractivity contribution in [3.63, 3.8) is 0 Å². The van der Waals surface area contributed by atoms with Gasteiger partial charge in [-0.2, -0.15) is 0 Å². The predicted molar refractivity (Wildman–Crippen MR) is 241 cm³/mol. The van der Waals surface area contributed by atoms with Gasteiger partial charge in [0.25, 0.3) is 0 Å². The summed E-state index contributed by atoms with van der Waals surface area (Å²) >= 11 is 0. The highest BCUT2D eigenvalue weighted by Crippen LogP contribution is 2.44. The minimum atomic E-state index is 1.21. The van der Waals surface area contributed by atoms with E-state index in [-0.39, 0.29) is 0 Å². The van der Waals surface area contributed by atoms with Crippen molar-refractivity contribution in [1.29, 1.82) is 0 Å². The molecule has 0 nitrogen and oxygen atoms in total. The van der Waals surface area contributed by atoms with E-state index >= 15 is 0 Å². The summed E-state index contributed by atoms with van der Waals surface area (Å²) in [4.78, 5) is 0. The molecule has 0 heteroatoms. The van der Waals surface area contributed by atoms with Crippen LogP contribution in [0.25, 0.3) is 109 Å². The third-order valence-electron chi connectivity index (χ3n) is 11.6. The standard InChI is InChI=1S/C56H36/c1-3-11-37(12-4-1)46-27-29-49-53(33-46)51(42-23-19-41(20-24-42)45-25-21-39-15-7-9-17-43(39)31-45)35-55-50-30-28-47(38-13-5-2-6-14-38)34-54(50)52(36-56(49)55)48-26-22-40-16-8-10-18-44(40)32-48/h1-36H. The van der Waals surface area contributed by atoms with Crippen molar-refractivity contribution in [3.05, 3.63) is 218 Å². The lowest BCUT2D eigenvalue weighted by Gasteiger charge is -2.18. The lowest BCUT2D eigenvalue weighted by molar-refractivity contribution is 1.62. The number of benzene rings is 11. The molecule has 0 aliphatic heterocycles. The van der Waals surface area contributed by atoms with Crippen LogP contribution in [0.4, 0.5) is 0 Å². The Bertz CT molecular complexity index is 3260. The Balaban J connectivity index is 1.17. The molecule has 0 amide bonds. The molecule has 11 aromatic carbocycles. The van der Waals surface area contributed by atoms with Crippen LogP contribution in [0.15, 0.2) is 218 Å². The molecule has 0 heterocycles. The van der Waals surface area contributed by atoms with Crippen molar-refractivity contribution in [1.82, 2.24) is 0 Å². The van der Waals surface area contributed by atoms with E-state index in [0.717, 1.165) is 0 Å². The van der Waals surface area contributed by atoms with E-state index < -0.39 is 0 Å². The topological polar surface area (TPSA) is 0 Å². The van der Waals surface area contributed by atoms with Crippen molar-refractivity contribution in [2.45, 2.75) is 0 Å². The maximum Gasteiger partial charge on any atom is -0.00923 e. The van der Waals surface area contributed by atoms with E-state index in [9.17, 15) is 0 Å². The molecule has 0 saturated carbocycles. The Morgan fingerprint density at radius 2 is 0.518 bits per heavy atom. The van der Waals surface area contributed by atoms with Gasteiger partial charge in [-0.15, -0.1) is 0 Å². The van der Waals surface area contributed by atoms with Crippen molar-refractivity contribution in [2.75, 3.05) is 0 Å². The first-order valence-electron chi connectivity index (χ1n) is 19.4. The molecule has 0 unspecified atom stereocenters. The molecule has 0 aromatic heterocycles. The van der Waals surface area contributed by atoms with Gasteiger partial charge < -0.3 is 0 Å². The smallest absolute Gasteiger partial charge is 0.00923 e. The van der Waals surface area contributed by atoms with Gasteiger partial charge in [-0.1, -0.05) is 182 Å². The van der Waals surface area contributed by atoms with E-state index in [1.807, 2.05) is 0 Å². The van der Waals surface area contributed by atoms with Crippen LogP contribution in [0.1, 0.15) is 0 Å². The van der Waals surface area contributed by atoms with E-state index in [0.29, 0.717) is 0 Å². The molecular formula is C56H36. The summed E-state index contributed by atoms with van der Waals surface area (Å²) in [5.41, 5.74) is 12.2. The minimum absolute atomic E-state index is 1.21. The maximum atomic E-state index is 2.45. The molecule has 0 saturated heterocycles. The fraction of sp³-hybridized carbons (Fsp3) is 0. The zero-order valence-electron chi connectivity index (χ0n) is 30.8. The SMILES string of the molecule is c1ccc(-c2ccc3c(c2)c(-c2ccc(-c4ccc5ccccc5c4)cc2)cc2c4ccc(-c5ccccc5)cc4c(-c4ccc5ccccc5c4)cc32)cc1. The summed E-state index contributed by atoms with van der Waals surface area (Å²) in [5, 5.41) is 12.6. The van der Waals surface area contributed by atoms with Crippen molar-refractivity contribution < 1.29 is 0 Å². The molecule has 11 rings (SSSR count). The van der Waals surface area contributed by atoms with Crippen LogP contribution in [0.3, 0.4) is 0 Å². The second-order valence-corrected chi connectivity index (χ2v) is 14.9. The van der Waals surface area contributed by atoms with Crippen LogP contribution >= 0.6 is 0 Å².